The minimum atomic E-state index is 0.0920. The van der Waals surface area contributed by atoms with Crippen molar-refractivity contribution in [3.05, 3.63) is 59.3 Å². The van der Waals surface area contributed by atoms with Crippen LogP contribution in [0.2, 0.25) is 0 Å². The fraction of sp³-hybridized carbons (Fsp3) is 0.294. The van der Waals surface area contributed by atoms with Gasteiger partial charge in [-0.3, -0.25) is 4.79 Å². The molecule has 21 heavy (non-hydrogen) atoms. The third-order valence-electron chi connectivity index (χ3n) is 4.07. The summed E-state index contributed by atoms with van der Waals surface area (Å²) in [5.74, 6) is 0.615. The van der Waals surface area contributed by atoms with Crippen molar-refractivity contribution in [2.75, 3.05) is 12.3 Å². The Kier molecular flexibility index (Phi) is 3.60. The highest BCUT2D eigenvalue weighted by atomic mass is 16.2. The third kappa shape index (κ3) is 2.61. The predicted octanol–water partition coefficient (Wildman–Crippen LogP) is 2.95. The number of amides is 1. The first kappa shape index (κ1) is 13.6. The molecule has 3 rings (SSSR count). The van der Waals surface area contributed by atoms with Crippen LogP contribution >= 0.6 is 0 Å². The second-order valence-corrected chi connectivity index (χ2v) is 5.49. The highest BCUT2D eigenvalue weighted by Crippen LogP contribution is 2.34. The van der Waals surface area contributed by atoms with Gasteiger partial charge < -0.3 is 10.6 Å². The number of carbonyl (C=O) groups excluding carboxylic acids is 1. The van der Waals surface area contributed by atoms with Crippen molar-refractivity contribution >= 4 is 11.7 Å². The van der Waals surface area contributed by atoms with Crippen LogP contribution in [-0.4, -0.2) is 22.3 Å². The number of likely N-dealkylation sites (tertiary alicyclic amines) is 1. The summed E-state index contributed by atoms with van der Waals surface area (Å²) in [5, 5.41) is 0. The minimum Gasteiger partial charge on any atom is -0.384 e. The summed E-state index contributed by atoms with van der Waals surface area (Å²) < 4.78 is 0. The van der Waals surface area contributed by atoms with Crippen molar-refractivity contribution in [2.24, 2.45) is 0 Å². The van der Waals surface area contributed by atoms with E-state index in [-0.39, 0.29) is 11.9 Å². The molecule has 0 aliphatic carbocycles. The first-order valence-electron chi connectivity index (χ1n) is 7.25. The second-order valence-electron chi connectivity index (χ2n) is 5.49. The summed E-state index contributed by atoms with van der Waals surface area (Å²) >= 11 is 0. The number of nitrogen functional groups attached to an aromatic ring is 1. The summed E-state index contributed by atoms with van der Waals surface area (Å²) in [6.07, 6.45) is 3.81. The Morgan fingerprint density at radius 1 is 1.33 bits per heavy atom. The fourth-order valence-electron chi connectivity index (χ4n) is 3.02. The number of hydrogen-bond acceptors (Lipinski definition) is 3. The summed E-state index contributed by atoms with van der Waals surface area (Å²) in [6, 6.07) is 11.4. The molecule has 4 nitrogen and oxygen atoms in total. The Morgan fingerprint density at radius 2 is 2.10 bits per heavy atom. The zero-order valence-corrected chi connectivity index (χ0v) is 12.1. The van der Waals surface area contributed by atoms with Gasteiger partial charge in [0.1, 0.15) is 5.82 Å². The SMILES string of the molecule is Cc1cc(N)ncc1[C@@H]1CCCN1C(=O)c1ccccc1. The second kappa shape index (κ2) is 5.56. The molecule has 0 saturated carbocycles. The summed E-state index contributed by atoms with van der Waals surface area (Å²) in [6.45, 7) is 2.82. The number of nitrogens with zero attached hydrogens (tertiary/aromatic N) is 2. The lowest BCUT2D eigenvalue weighted by atomic mass is 10.0. The molecule has 2 heterocycles. The van der Waals surface area contributed by atoms with Crippen LogP contribution in [0.4, 0.5) is 5.82 Å². The highest BCUT2D eigenvalue weighted by molar-refractivity contribution is 5.94. The number of nitrogens with two attached hydrogens (primary N) is 1. The molecule has 1 aromatic carbocycles. The summed E-state index contributed by atoms with van der Waals surface area (Å²) in [7, 11) is 0. The number of aromatic nitrogens is 1. The normalized spacial score (nSPS) is 18.0. The maximum absolute atomic E-state index is 12.7. The molecule has 2 aromatic rings. The van der Waals surface area contributed by atoms with Crippen LogP contribution < -0.4 is 5.73 Å². The van der Waals surface area contributed by atoms with E-state index in [9.17, 15) is 4.79 Å². The molecule has 1 aliphatic rings. The van der Waals surface area contributed by atoms with Gasteiger partial charge in [-0.15, -0.1) is 0 Å². The molecular weight excluding hydrogens is 262 g/mol. The molecule has 1 atom stereocenters. The van der Waals surface area contributed by atoms with Crippen LogP contribution in [0.3, 0.4) is 0 Å². The van der Waals surface area contributed by atoms with E-state index >= 15 is 0 Å². The highest BCUT2D eigenvalue weighted by Gasteiger charge is 2.31. The number of hydrogen-bond donors (Lipinski definition) is 1. The van der Waals surface area contributed by atoms with Crippen LogP contribution in [0.1, 0.15) is 40.4 Å². The Bertz CT molecular complexity index is 654. The quantitative estimate of drug-likeness (QED) is 0.920. The van der Waals surface area contributed by atoms with Crippen LogP contribution in [0.15, 0.2) is 42.6 Å². The first-order chi connectivity index (χ1) is 10.2. The molecule has 4 heteroatoms. The van der Waals surface area contributed by atoms with Crippen molar-refractivity contribution in [1.82, 2.24) is 9.88 Å². The molecule has 0 radical (unpaired) electrons. The Hall–Kier alpha value is -2.36. The van der Waals surface area contributed by atoms with E-state index in [2.05, 4.69) is 4.98 Å². The van der Waals surface area contributed by atoms with E-state index < -0.39 is 0 Å². The standard InChI is InChI=1S/C17H19N3O/c1-12-10-16(18)19-11-14(12)15-8-5-9-20(15)17(21)13-6-3-2-4-7-13/h2-4,6-7,10-11,15H,5,8-9H2,1H3,(H2,18,19)/t15-/m0/s1. The molecule has 0 unspecified atom stereocenters. The number of aryl methyl sites for hydroxylation is 1. The maximum Gasteiger partial charge on any atom is 0.254 e. The van der Waals surface area contributed by atoms with E-state index in [1.54, 1.807) is 0 Å². The molecule has 1 amide bonds. The number of benzene rings is 1. The lowest BCUT2D eigenvalue weighted by Gasteiger charge is -2.26. The topological polar surface area (TPSA) is 59.2 Å². The molecule has 108 valence electrons. The van der Waals surface area contributed by atoms with Gasteiger partial charge >= 0.3 is 0 Å². The van der Waals surface area contributed by atoms with Crippen LogP contribution in [0.25, 0.3) is 0 Å². The van der Waals surface area contributed by atoms with E-state index in [4.69, 9.17) is 5.73 Å². The van der Waals surface area contributed by atoms with Crippen molar-refractivity contribution in [1.29, 1.82) is 0 Å². The van der Waals surface area contributed by atoms with Crippen LogP contribution in [-0.2, 0) is 0 Å². The molecule has 0 spiro atoms. The average Bonchev–Trinajstić information content (AvgIpc) is 2.96. The molecular formula is C17H19N3O. The number of carbonyl (C=O) groups is 1. The van der Waals surface area contributed by atoms with Crippen LogP contribution in [0, 0.1) is 6.92 Å². The molecule has 0 bridgehead atoms. The van der Waals surface area contributed by atoms with E-state index in [0.29, 0.717) is 5.82 Å². The maximum atomic E-state index is 12.7. The molecule has 1 saturated heterocycles. The first-order valence-corrected chi connectivity index (χ1v) is 7.25. The third-order valence-corrected chi connectivity index (χ3v) is 4.07. The number of pyridine rings is 1. The monoisotopic (exact) mass is 281 g/mol. The van der Waals surface area contributed by atoms with E-state index in [0.717, 1.165) is 36.1 Å². The smallest absolute Gasteiger partial charge is 0.254 e. The Labute approximate surface area is 124 Å². The molecule has 2 N–H and O–H groups in total. The van der Waals surface area contributed by atoms with Gasteiger partial charge in [-0.1, -0.05) is 18.2 Å². The van der Waals surface area contributed by atoms with Gasteiger partial charge in [0.25, 0.3) is 5.91 Å². The van der Waals surface area contributed by atoms with Gasteiger partial charge in [-0.05, 0) is 49.1 Å². The van der Waals surface area contributed by atoms with Crippen molar-refractivity contribution in [2.45, 2.75) is 25.8 Å². The molecule has 1 aromatic heterocycles. The van der Waals surface area contributed by atoms with Gasteiger partial charge in [0.05, 0.1) is 6.04 Å². The van der Waals surface area contributed by atoms with Gasteiger partial charge in [-0.2, -0.15) is 0 Å². The number of anilines is 1. The predicted molar refractivity (Wildman–Crippen MR) is 82.8 cm³/mol. The van der Waals surface area contributed by atoms with Gasteiger partial charge in [-0.25, -0.2) is 4.98 Å². The average molecular weight is 281 g/mol. The minimum absolute atomic E-state index is 0.0920. The number of rotatable bonds is 2. The van der Waals surface area contributed by atoms with Crippen molar-refractivity contribution in [3.8, 4) is 0 Å². The van der Waals surface area contributed by atoms with E-state index in [1.807, 2.05) is 54.4 Å². The largest absolute Gasteiger partial charge is 0.384 e. The summed E-state index contributed by atoms with van der Waals surface area (Å²) in [4.78, 5) is 18.8. The van der Waals surface area contributed by atoms with E-state index in [1.165, 1.54) is 0 Å². The van der Waals surface area contributed by atoms with Crippen molar-refractivity contribution in [3.63, 3.8) is 0 Å². The van der Waals surface area contributed by atoms with Gasteiger partial charge in [0.2, 0.25) is 0 Å². The lowest BCUT2D eigenvalue weighted by molar-refractivity contribution is 0.0735. The Morgan fingerprint density at radius 3 is 2.81 bits per heavy atom. The van der Waals surface area contributed by atoms with Crippen molar-refractivity contribution < 1.29 is 4.79 Å². The lowest BCUT2D eigenvalue weighted by Crippen LogP contribution is -2.31. The summed E-state index contributed by atoms with van der Waals surface area (Å²) in [5.41, 5.74) is 8.66. The van der Waals surface area contributed by atoms with Crippen LogP contribution in [0.5, 0.6) is 0 Å². The zero-order valence-electron chi connectivity index (χ0n) is 12.1. The Balaban J connectivity index is 1.91. The van der Waals surface area contributed by atoms with Gasteiger partial charge in [0.15, 0.2) is 0 Å². The molecule has 1 aliphatic heterocycles. The zero-order chi connectivity index (χ0) is 14.8. The van der Waals surface area contributed by atoms with Gasteiger partial charge in [0, 0.05) is 18.3 Å². The molecule has 1 fully saturated rings. The fourth-order valence-corrected chi connectivity index (χ4v) is 3.02.